The summed E-state index contributed by atoms with van der Waals surface area (Å²) in [7, 11) is 4.66. The summed E-state index contributed by atoms with van der Waals surface area (Å²) in [6.07, 6.45) is 0.654. The number of amides is 1. The molecule has 0 aromatic heterocycles. The Bertz CT molecular complexity index is 478. The van der Waals surface area contributed by atoms with E-state index in [0.717, 1.165) is 5.56 Å². The number of carbonyl (C=O) groups is 1. The molecular weight excluding hydrogens is 284 g/mol. The lowest BCUT2D eigenvalue weighted by atomic mass is 10.0. The van der Waals surface area contributed by atoms with Crippen molar-refractivity contribution in [3.63, 3.8) is 0 Å². The van der Waals surface area contributed by atoms with Gasteiger partial charge in [0.2, 0.25) is 11.7 Å². The van der Waals surface area contributed by atoms with Gasteiger partial charge in [0, 0.05) is 6.54 Å². The van der Waals surface area contributed by atoms with Crippen LogP contribution in [-0.2, 0) is 11.3 Å². The molecule has 0 aliphatic carbocycles. The average Bonchev–Trinajstić information content (AvgIpc) is 2.50. The normalized spacial score (nSPS) is 12.0. The zero-order valence-corrected chi connectivity index (χ0v) is 13.9. The van der Waals surface area contributed by atoms with Crippen LogP contribution in [-0.4, -0.2) is 33.3 Å². The number of rotatable bonds is 8. The van der Waals surface area contributed by atoms with E-state index in [-0.39, 0.29) is 5.91 Å². The highest BCUT2D eigenvalue weighted by atomic mass is 16.5. The van der Waals surface area contributed by atoms with E-state index in [0.29, 0.717) is 36.1 Å². The van der Waals surface area contributed by atoms with E-state index in [1.807, 2.05) is 13.8 Å². The van der Waals surface area contributed by atoms with Gasteiger partial charge in [-0.1, -0.05) is 13.8 Å². The van der Waals surface area contributed by atoms with Gasteiger partial charge in [0.15, 0.2) is 11.5 Å². The van der Waals surface area contributed by atoms with Gasteiger partial charge in [-0.3, -0.25) is 4.79 Å². The summed E-state index contributed by atoms with van der Waals surface area (Å²) in [6, 6.07) is 3.10. The van der Waals surface area contributed by atoms with Gasteiger partial charge in [-0.15, -0.1) is 0 Å². The molecular formula is C16H26N2O4. The number of nitrogens with one attached hydrogen (secondary N) is 1. The van der Waals surface area contributed by atoms with Crippen LogP contribution in [0.25, 0.3) is 0 Å². The second-order valence-electron chi connectivity index (χ2n) is 5.49. The molecule has 22 heavy (non-hydrogen) atoms. The fourth-order valence-electron chi connectivity index (χ4n) is 2.17. The summed E-state index contributed by atoms with van der Waals surface area (Å²) in [6.45, 7) is 4.42. The SMILES string of the molecule is COc1cc(CNC(=O)[C@@H](N)CC(C)C)cc(OC)c1OC. The standard InChI is InChI=1S/C16H26N2O4/c1-10(2)6-12(17)16(19)18-9-11-7-13(20-3)15(22-5)14(8-11)21-4/h7-8,10,12H,6,9,17H2,1-5H3,(H,18,19)/t12-/m0/s1. The fourth-order valence-corrected chi connectivity index (χ4v) is 2.17. The Hall–Kier alpha value is -1.95. The van der Waals surface area contributed by atoms with Crippen LogP contribution in [0.3, 0.4) is 0 Å². The van der Waals surface area contributed by atoms with Gasteiger partial charge >= 0.3 is 0 Å². The molecule has 3 N–H and O–H groups in total. The molecule has 0 saturated heterocycles. The van der Waals surface area contributed by atoms with Gasteiger partial charge in [0.1, 0.15) is 0 Å². The minimum absolute atomic E-state index is 0.164. The van der Waals surface area contributed by atoms with E-state index < -0.39 is 6.04 Å². The van der Waals surface area contributed by atoms with Crippen LogP contribution in [0.5, 0.6) is 17.2 Å². The molecule has 0 saturated carbocycles. The van der Waals surface area contributed by atoms with Crippen LogP contribution in [0, 0.1) is 5.92 Å². The van der Waals surface area contributed by atoms with Crippen molar-refractivity contribution in [3.05, 3.63) is 17.7 Å². The van der Waals surface area contributed by atoms with E-state index in [1.54, 1.807) is 33.5 Å². The Kier molecular flexibility index (Phi) is 6.98. The Morgan fingerprint density at radius 2 is 1.68 bits per heavy atom. The van der Waals surface area contributed by atoms with Crippen molar-refractivity contribution in [2.24, 2.45) is 11.7 Å². The number of methoxy groups -OCH3 is 3. The average molecular weight is 310 g/mol. The van der Waals surface area contributed by atoms with Crippen molar-refractivity contribution in [1.82, 2.24) is 5.32 Å². The summed E-state index contributed by atoms with van der Waals surface area (Å²) in [4.78, 5) is 12.0. The fraction of sp³-hybridized carbons (Fsp3) is 0.562. The molecule has 0 radical (unpaired) electrons. The molecule has 0 bridgehead atoms. The molecule has 0 heterocycles. The molecule has 0 spiro atoms. The number of ether oxygens (including phenoxy) is 3. The van der Waals surface area contributed by atoms with E-state index in [2.05, 4.69) is 5.32 Å². The van der Waals surface area contributed by atoms with Gasteiger partial charge in [-0.05, 0) is 30.0 Å². The van der Waals surface area contributed by atoms with Gasteiger partial charge in [0.05, 0.1) is 27.4 Å². The zero-order valence-electron chi connectivity index (χ0n) is 13.9. The van der Waals surface area contributed by atoms with Crippen LogP contribution in [0.4, 0.5) is 0 Å². The third-order valence-electron chi connectivity index (χ3n) is 3.25. The highest BCUT2D eigenvalue weighted by Gasteiger charge is 2.16. The van der Waals surface area contributed by atoms with E-state index in [9.17, 15) is 4.79 Å². The quantitative estimate of drug-likeness (QED) is 0.763. The predicted octanol–water partition coefficient (Wildman–Crippen LogP) is 1.70. The number of hydrogen-bond donors (Lipinski definition) is 2. The van der Waals surface area contributed by atoms with Crippen molar-refractivity contribution >= 4 is 5.91 Å². The Balaban J connectivity index is 2.79. The van der Waals surface area contributed by atoms with Crippen molar-refractivity contribution in [2.75, 3.05) is 21.3 Å². The lowest BCUT2D eigenvalue weighted by Gasteiger charge is -2.16. The summed E-state index contributed by atoms with van der Waals surface area (Å²) in [5, 5.41) is 2.83. The smallest absolute Gasteiger partial charge is 0.237 e. The first kappa shape index (κ1) is 18.1. The molecule has 1 atom stereocenters. The van der Waals surface area contributed by atoms with E-state index in [1.165, 1.54) is 0 Å². The molecule has 0 unspecified atom stereocenters. The van der Waals surface area contributed by atoms with Crippen molar-refractivity contribution in [3.8, 4) is 17.2 Å². The molecule has 6 heteroatoms. The van der Waals surface area contributed by atoms with Crippen LogP contribution in [0.15, 0.2) is 12.1 Å². The first-order valence-corrected chi connectivity index (χ1v) is 7.25. The minimum Gasteiger partial charge on any atom is -0.493 e. The van der Waals surface area contributed by atoms with Gasteiger partial charge in [0.25, 0.3) is 0 Å². The summed E-state index contributed by atoms with van der Waals surface area (Å²) in [5.74, 6) is 1.84. The third-order valence-corrected chi connectivity index (χ3v) is 3.25. The number of benzene rings is 1. The number of carbonyl (C=O) groups excluding carboxylic acids is 1. The molecule has 6 nitrogen and oxygen atoms in total. The second-order valence-corrected chi connectivity index (χ2v) is 5.49. The van der Waals surface area contributed by atoms with Crippen molar-refractivity contribution in [1.29, 1.82) is 0 Å². The second kappa shape index (κ2) is 8.48. The lowest BCUT2D eigenvalue weighted by Crippen LogP contribution is -2.41. The summed E-state index contributed by atoms with van der Waals surface area (Å²) in [5.41, 5.74) is 6.71. The first-order valence-electron chi connectivity index (χ1n) is 7.25. The molecule has 0 aliphatic heterocycles. The highest BCUT2D eigenvalue weighted by molar-refractivity contribution is 5.81. The third kappa shape index (κ3) is 4.80. The van der Waals surface area contributed by atoms with Crippen LogP contribution < -0.4 is 25.3 Å². The maximum absolute atomic E-state index is 12.0. The van der Waals surface area contributed by atoms with Gasteiger partial charge in [-0.2, -0.15) is 0 Å². The maximum atomic E-state index is 12.0. The number of nitrogens with two attached hydrogens (primary N) is 1. The summed E-state index contributed by atoms with van der Waals surface area (Å²) >= 11 is 0. The van der Waals surface area contributed by atoms with Crippen LogP contribution >= 0.6 is 0 Å². The van der Waals surface area contributed by atoms with Crippen LogP contribution in [0.1, 0.15) is 25.8 Å². The number of hydrogen-bond acceptors (Lipinski definition) is 5. The summed E-state index contributed by atoms with van der Waals surface area (Å²) < 4.78 is 15.8. The van der Waals surface area contributed by atoms with Crippen LogP contribution in [0.2, 0.25) is 0 Å². The topological polar surface area (TPSA) is 82.8 Å². The molecule has 0 fully saturated rings. The van der Waals surface area contributed by atoms with E-state index >= 15 is 0 Å². The van der Waals surface area contributed by atoms with Gasteiger partial charge in [-0.25, -0.2) is 0 Å². The molecule has 1 amide bonds. The van der Waals surface area contributed by atoms with E-state index in [4.69, 9.17) is 19.9 Å². The largest absolute Gasteiger partial charge is 0.493 e. The maximum Gasteiger partial charge on any atom is 0.237 e. The Morgan fingerprint density at radius 3 is 2.09 bits per heavy atom. The Labute approximate surface area is 131 Å². The van der Waals surface area contributed by atoms with Gasteiger partial charge < -0.3 is 25.3 Å². The Morgan fingerprint density at radius 1 is 1.14 bits per heavy atom. The first-order chi connectivity index (χ1) is 10.4. The molecule has 124 valence electrons. The van der Waals surface area contributed by atoms with Crippen molar-refractivity contribution in [2.45, 2.75) is 32.9 Å². The monoisotopic (exact) mass is 310 g/mol. The highest BCUT2D eigenvalue weighted by Crippen LogP contribution is 2.38. The molecule has 0 aliphatic rings. The molecule has 1 aromatic rings. The van der Waals surface area contributed by atoms with Crippen molar-refractivity contribution < 1.29 is 19.0 Å². The minimum atomic E-state index is -0.498. The molecule has 1 aromatic carbocycles. The lowest BCUT2D eigenvalue weighted by molar-refractivity contribution is -0.122. The zero-order chi connectivity index (χ0) is 16.7. The molecule has 1 rings (SSSR count). The predicted molar refractivity (Wildman–Crippen MR) is 85.4 cm³/mol.